The molecule has 0 radical (unpaired) electrons. The molecule has 5 nitrogen and oxygen atoms in total. The van der Waals surface area contributed by atoms with Crippen LogP contribution in [0.1, 0.15) is 10.4 Å². The molecule has 3 aromatic rings. The third-order valence-corrected chi connectivity index (χ3v) is 4.29. The Morgan fingerprint density at radius 2 is 1.89 bits per heavy atom. The van der Waals surface area contributed by atoms with E-state index in [2.05, 4.69) is 19.7 Å². The first-order chi connectivity index (χ1) is 12.7. The van der Waals surface area contributed by atoms with Gasteiger partial charge in [0, 0.05) is 24.0 Å². The minimum Gasteiger partial charge on any atom is -0.438 e. The molecule has 0 aliphatic carbocycles. The smallest absolute Gasteiger partial charge is 0.425 e. The van der Waals surface area contributed by atoms with E-state index in [0.29, 0.717) is 16.9 Å². The van der Waals surface area contributed by atoms with Crippen molar-refractivity contribution in [2.45, 2.75) is 19.7 Å². The highest BCUT2D eigenvalue weighted by molar-refractivity contribution is 7.15. The fourth-order valence-corrected chi connectivity index (χ4v) is 2.80. The highest BCUT2D eigenvalue weighted by atomic mass is 32.1. The fourth-order valence-electron chi connectivity index (χ4n) is 1.98. The van der Waals surface area contributed by atoms with Gasteiger partial charge in [-0.1, -0.05) is 0 Å². The van der Waals surface area contributed by atoms with Crippen LogP contribution in [-0.2, 0) is 6.18 Å². The van der Waals surface area contributed by atoms with Crippen molar-refractivity contribution in [3.05, 3.63) is 47.1 Å². The first-order valence-corrected chi connectivity index (χ1v) is 8.14. The first-order valence-electron chi connectivity index (χ1n) is 7.32. The molecule has 0 unspecified atom stereocenters. The molecular weight excluding hydrogens is 393 g/mol. The summed E-state index contributed by atoms with van der Waals surface area (Å²) in [6.45, 7) is -1.41. The van der Waals surface area contributed by atoms with Gasteiger partial charge in [0.25, 0.3) is 0 Å². The molecular formula is C16H10F5N3O2S. The lowest BCUT2D eigenvalue weighted by Gasteiger charge is -2.09. The van der Waals surface area contributed by atoms with E-state index in [1.54, 1.807) is 6.92 Å². The third-order valence-electron chi connectivity index (χ3n) is 3.16. The molecule has 0 bridgehead atoms. The van der Waals surface area contributed by atoms with Gasteiger partial charge in [0.05, 0.1) is 4.88 Å². The molecule has 0 atom stereocenters. The summed E-state index contributed by atoms with van der Waals surface area (Å²) in [5, 5.41) is 0. The number of halogens is 5. The Bertz CT molecular complexity index is 946. The molecule has 0 aromatic carbocycles. The molecule has 0 saturated carbocycles. The lowest BCUT2D eigenvalue weighted by Crippen LogP contribution is -2.03. The number of thiophene rings is 1. The molecule has 0 aliphatic heterocycles. The zero-order valence-corrected chi connectivity index (χ0v) is 14.3. The van der Waals surface area contributed by atoms with E-state index in [0.717, 1.165) is 12.1 Å². The topological polar surface area (TPSA) is 57.1 Å². The zero-order chi connectivity index (χ0) is 19.6. The summed E-state index contributed by atoms with van der Waals surface area (Å²) in [5.41, 5.74) is 0.500. The molecule has 0 saturated heterocycles. The minimum absolute atomic E-state index is 0.0502. The lowest BCUT2D eigenvalue weighted by atomic mass is 10.3. The molecule has 142 valence electrons. The van der Waals surface area contributed by atoms with Crippen molar-refractivity contribution in [3.63, 3.8) is 0 Å². The van der Waals surface area contributed by atoms with E-state index in [9.17, 15) is 22.0 Å². The molecule has 3 heterocycles. The van der Waals surface area contributed by atoms with Crippen LogP contribution in [0.2, 0.25) is 0 Å². The molecule has 0 fully saturated rings. The largest absolute Gasteiger partial charge is 0.438 e. The minimum atomic E-state index is -4.45. The number of alkyl halides is 5. The van der Waals surface area contributed by atoms with Crippen LogP contribution in [0.15, 0.2) is 36.7 Å². The number of pyridine rings is 1. The Labute approximate surface area is 153 Å². The zero-order valence-electron chi connectivity index (χ0n) is 13.5. The number of hydrogen-bond donors (Lipinski definition) is 0. The maximum Gasteiger partial charge on any atom is 0.425 e. The van der Waals surface area contributed by atoms with Crippen molar-refractivity contribution < 1.29 is 31.4 Å². The number of rotatable bonds is 5. The number of hydrogen-bond acceptors (Lipinski definition) is 6. The van der Waals surface area contributed by atoms with Crippen molar-refractivity contribution in [1.82, 2.24) is 15.0 Å². The fraction of sp³-hybridized carbons (Fsp3) is 0.188. The van der Waals surface area contributed by atoms with Gasteiger partial charge in [-0.15, -0.1) is 11.3 Å². The highest BCUT2D eigenvalue weighted by Crippen LogP contribution is 2.38. The third kappa shape index (κ3) is 4.67. The predicted molar refractivity (Wildman–Crippen MR) is 86.0 cm³/mol. The van der Waals surface area contributed by atoms with Crippen LogP contribution in [0.5, 0.6) is 17.5 Å². The van der Waals surface area contributed by atoms with E-state index in [1.807, 2.05) is 0 Å². The second-order valence-electron chi connectivity index (χ2n) is 5.15. The molecule has 27 heavy (non-hydrogen) atoms. The summed E-state index contributed by atoms with van der Waals surface area (Å²) >= 11 is 0.504. The van der Waals surface area contributed by atoms with E-state index < -0.39 is 17.7 Å². The summed E-state index contributed by atoms with van der Waals surface area (Å²) in [6.07, 6.45) is -1.85. The lowest BCUT2D eigenvalue weighted by molar-refractivity contribution is -0.134. The number of aromatic nitrogens is 3. The van der Waals surface area contributed by atoms with Gasteiger partial charge in [-0.3, -0.25) is 0 Å². The molecule has 11 heteroatoms. The summed E-state index contributed by atoms with van der Waals surface area (Å²) in [4.78, 5) is 11.2. The molecule has 0 aliphatic rings. The van der Waals surface area contributed by atoms with E-state index in [4.69, 9.17) is 4.74 Å². The standard InChI is InChI=1S/C16H10F5N3O2S/c1-8-7-23-13(10-2-3-11(27-10)16(19,20)21)24-14(8)25-9-4-5-22-12(6-9)26-15(17)18/h2-7,15H,1H3. The van der Waals surface area contributed by atoms with Crippen molar-refractivity contribution >= 4 is 11.3 Å². The summed E-state index contributed by atoms with van der Waals surface area (Å²) < 4.78 is 72.5. The Hall–Kier alpha value is -2.82. The van der Waals surface area contributed by atoms with Crippen molar-refractivity contribution in [2.24, 2.45) is 0 Å². The highest BCUT2D eigenvalue weighted by Gasteiger charge is 2.32. The van der Waals surface area contributed by atoms with E-state index in [1.165, 1.54) is 24.5 Å². The Balaban J connectivity index is 1.87. The number of nitrogens with zero attached hydrogens (tertiary/aromatic N) is 3. The quantitative estimate of drug-likeness (QED) is 0.540. The number of ether oxygens (including phenoxy) is 2. The first kappa shape index (κ1) is 19.0. The van der Waals surface area contributed by atoms with Crippen LogP contribution in [0, 0.1) is 6.92 Å². The predicted octanol–water partition coefficient (Wildman–Crippen LogP) is 5.32. The van der Waals surface area contributed by atoms with Gasteiger partial charge in [0.1, 0.15) is 10.6 Å². The Morgan fingerprint density at radius 3 is 2.56 bits per heavy atom. The van der Waals surface area contributed by atoms with Crippen LogP contribution in [-0.4, -0.2) is 21.6 Å². The van der Waals surface area contributed by atoms with Gasteiger partial charge >= 0.3 is 12.8 Å². The van der Waals surface area contributed by atoms with Crippen LogP contribution < -0.4 is 9.47 Å². The maximum absolute atomic E-state index is 12.7. The molecule has 0 spiro atoms. The van der Waals surface area contributed by atoms with Gasteiger partial charge in [-0.25, -0.2) is 9.97 Å². The van der Waals surface area contributed by atoms with Crippen molar-refractivity contribution in [1.29, 1.82) is 0 Å². The Kier molecular flexibility index (Phi) is 5.22. The van der Waals surface area contributed by atoms with Gasteiger partial charge < -0.3 is 9.47 Å². The Morgan fingerprint density at radius 1 is 1.11 bits per heavy atom. The average molecular weight is 403 g/mol. The van der Waals surface area contributed by atoms with Crippen LogP contribution >= 0.6 is 11.3 Å². The summed E-state index contributed by atoms with van der Waals surface area (Å²) in [7, 11) is 0. The second-order valence-corrected chi connectivity index (χ2v) is 6.24. The van der Waals surface area contributed by atoms with Crippen LogP contribution in [0.25, 0.3) is 10.7 Å². The number of aryl methyl sites for hydroxylation is 1. The SMILES string of the molecule is Cc1cnc(-c2ccc(C(F)(F)F)s2)nc1Oc1ccnc(OC(F)F)c1. The summed E-state index contributed by atoms with van der Waals surface area (Å²) in [5.74, 6) is -0.108. The average Bonchev–Trinajstić information content (AvgIpc) is 3.07. The van der Waals surface area contributed by atoms with Gasteiger partial charge in [-0.2, -0.15) is 26.9 Å². The molecule has 3 aromatic heterocycles. The van der Waals surface area contributed by atoms with Gasteiger partial charge in [0.15, 0.2) is 5.82 Å². The van der Waals surface area contributed by atoms with Gasteiger partial charge in [0.2, 0.25) is 11.8 Å². The monoisotopic (exact) mass is 403 g/mol. The molecule has 0 N–H and O–H groups in total. The maximum atomic E-state index is 12.7. The normalized spacial score (nSPS) is 11.7. The molecule has 0 amide bonds. The summed E-state index contributed by atoms with van der Waals surface area (Å²) in [6, 6.07) is 4.75. The van der Waals surface area contributed by atoms with Gasteiger partial charge in [-0.05, 0) is 25.1 Å². The van der Waals surface area contributed by atoms with Crippen LogP contribution in [0.3, 0.4) is 0 Å². The van der Waals surface area contributed by atoms with Crippen molar-refractivity contribution in [2.75, 3.05) is 0 Å². The van der Waals surface area contributed by atoms with Crippen LogP contribution in [0.4, 0.5) is 22.0 Å². The van der Waals surface area contributed by atoms with Crippen molar-refractivity contribution in [3.8, 4) is 28.2 Å². The molecule has 3 rings (SSSR count). The van der Waals surface area contributed by atoms with E-state index >= 15 is 0 Å². The second kappa shape index (κ2) is 7.43. The van der Waals surface area contributed by atoms with E-state index in [-0.39, 0.29) is 28.2 Å².